The molecule has 56 valence electrons. The summed E-state index contributed by atoms with van der Waals surface area (Å²) in [5, 5.41) is 16.7. The summed E-state index contributed by atoms with van der Waals surface area (Å²) in [4.78, 5) is 10.4. The molecule has 0 spiro atoms. The lowest BCUT2D eigenvalue weighted by Gasteiger charge is -2.15. The zero-order valence-electron chi connectivity index (χ0n) is 5.92. The number of thioether (sulfide) groups is 1. The number of nitriles is 1. The van der Waals surface area contributed by atoms with E-state index in [1.165, 1.54) is 0 Å². The van der Waals surface area contributed by atoms with Crippen molar-refractivity contribution in [1.29, 1.82) is 5.26 Å². The topological polar surface area (TPSA) is 61.1 Å². The molecule has 0 bridgehead atoms. The van der Waals surface area contributed by atoms with Gasteiger partial charge in [-0.2, -0.15) is 5.26 Å². The van der Waals surface area contributed by atoms with E-state index in [1.54, 1.807) is 13.8 Å². The van der Waals surface area contributed by atoms with E-state index in [2.05, 4.69) is 0 Å². The first-order valence-electron chi connectivity index (χ1n) is 2.75. The van der Waals surface area contributed by atoms with Gasteiger partial charge in [-0.1, -0.05) is 0 Å². The van der Waals surface area contributed by atoms with E-state index >= 15 is 0 Å². The number of nitrogens with zero attached hydrogens (tertiary/aromatic N) is 1. The number of hydrogen-bond donors (Lipinski definition) is 1. The van der Waals surface area contributed by atoms with E-state index in [9.17, 15) is 4.79 Å². The van der Waals surface area contributed by atoms with Crippen molar-refractivity contribution in [2.24, 2.45) is 0 Å². The van der Waals surface area contributed by atoms with Crippen molar-refractivity contribution in [3.8, 4) is 6.07 Å². The third-order valence-electron chi connectivity index (χ3n) is 1.01. The first kappa shape index (κ1) is 9.31. The normalized spacial score (nSPS) is 10.5. The van der Waals surface area contributed by atoms with Gasteiger partial charge < -0.3 is 5.11 Å². The summed E-state index contributed by atoms with van der Waals surface area (Å²) >= 11 is 1.13. The van der Waals surface area contributed by atoms with Gasteiger partial charge in [0.2, 0.25) is 0 Å². The molecule has 0 fully saturated rings. The lowest BCUT2D eigenvalue weighted by atomic mass is 10.2. The molecule has 0 radical (unpaired) electrons. The molecule has 0 saturated carbocycles. The van der Waals surface area contributed by atoms with Crippen LogP contribution in [0.3, 0.4) is 0 Å². The average molecular weight is 159 g/mol. The van der Waals surface area contributed by atoms with Gasteiger partial charge in [0, 0.05) is 0 Å². The van der Waals surface area contributed by atoms with Gasteiger partial charge in [-0.15, -0.1) is 11.8 Å². The van der Waals surface area contributed by atoms with Crippen LogP contribution in [0.15, 0.2) is 0 Å². The van der Waals surface area contributed by atoms with Gasteiger partial charge in [0.05, 0.1) is 11.8 Å². The van der Waals surface area contributed by atoms with Crippen LogP contribution in [0.5, 0.6) is 0 Å². The maximum absolute atomic E-state index is 10.4. The molecule has 0 saturated heterocycles. The van der Waals surface area contributed by atoms with Crippen LogP contribution in [-0.2, 0) is 4.79 Å². The average Bonchev–Trinajstić information content (AvgIpc) is 1.84. The molecule has 4 heteroatoms. The first-order valence-corrected chi connectivity index (χ1v) is 3.73. The van der Waals surface area contributed by atoms with Gasteiger partial charge >= 0.3 is 5.97 Å². The number of rotatable bonds is 3. The van der Waals surface area contributed by atoms with Crippen LogP contribution in [0.4, 0.5) is 0 Å². The summed E-state index contributed by atoms with van der Waals surface area (Å²) < 4.78 is -0.838. The molecule has 0 heterocycles. The zero-order valence-corrected chi connectivity index (χ0v) is 6.73. The zero-order chi connectivity index (χ0) is 8.20. The van der Waals surface area contributed by atoms with Crippen LogP contribution in [0, 0.1) is 11.3 Å². The Balaban J connectivity index is 3.90. The van der Waals surface area contributed by atoms with Gasteiger partial charge in [-0.3, -0.25) is 4.79 Å². The molecular weight excluding hydrogens is 150 g/mol. The van der Waals surface area contributed by atoms with Crippen LogP contribution in [-0.4, -0.2) is 21.6 Å². The second-order valence-corrected chi connectivity index (χ2v) is 3.86. The van der Waals surface area contributed by atoms with Crippen LogP contribution >= 0.6 is 11.8 Å². The molecular formula is C6H9NO2S. The van der Waals surface area contributed by atoms with Gasteiger partial charge in [-0.25, -0.2) is 0 Å². The Kier molecular flexibility index (Phi) is 3.23. The van der Waals surface area contributed by atoms with Crippen molar-refractivity contribution in [2.45, 2.75) is 18.6 Å². The summed E-state index contributed by atoms with van der Waals surface area (Å²) in [5.74, 6) is -0.660. The second-order valence-electron chi connectivity index (χ2n) is 2.26. The number of carboxylic acid groups (broad SMARTS) is 1. The Morgan fingerprint density at radius 1 is 1.80 bits per heavy atom. The number of carbonyl (C=O) groups is 1. The highest BCUT2D eigenvalue weighted by atomic mass is 32.2. The Hall–Kier alpha value is -0.690. The van der Waals surface area contributed by atoms with Crippen LogP contribution < -0.4 is 0 Å². The molecule has 0 aliphatic heterocycles. The Morgan fingerprint density at radius 2 is 2.30 bits per heavy atom. The summed E-state index contributed by atoms with van der Waals surface area (Å²) in [6.45, 7) is 3.16. The fourth-order valence-corrected chi connectivity index (χ4v) is 0.823. The smallest absolute Gasteiger partial charge is 0.319 e. The van der Waals surface area contributed by atoms with Gasteiger partial charge in [-0.05, 0) is 13.8 Å². The second kappa shape index (κ2) is 3.47. The van der Waals surface area contributed by atoms with E-state index in [1.807, 2.05) is 6.07 Å². The monoisotopic (exact) mass is 159 g/mol. The van der Waals surface area contributed by atoms with Crippen molar-refractivity contribution >= 4 is 17.7 Å². The van der Waals surface area contributed by atoms with E-state index in [0.29, 0.717) is 0 Å². The molecule has 1 N–H and O–H groups in total. The van der Waals surface area contributed by atoms with Crippen molar-refractivity contribution in [3.05, 3.63) is 0 Å². The fourth-order valence-electron chi connectivity index (χ4n) is 0.274. The summed E-state index contributed by atoms with van der Waals surface area (Å²) in [6.07, 6.45) is 0. The number of carboxylic acids is 1. The third-order valence-corrected chi connectivity index (χ3v) is 2.18. The standard InChI is InChI=1S/C6H9NO2S/c1-6(2,5(8)9)10-4-3-7/h4H2,1-2H3,(H,8,9). The molecule has 0 aromatic carbocycles. The predicted octanol–water partition coefficient (Wildman–Crippen LogP) is 1.11. The van der Waals surface area contributed by atoms with E-state index in [0.717, 1.165) is 11.8 Å². The molecule has 0 aliphatic rings. The quantitative estimate of drug-likeness (QED) is 0.670. The van der Waals surface area contributed by atoms with E-state index < -0.39 is 10.7 Å². The largest absolute Gasteiger partial charge is 0.480 e. The van der Waals surface area contributed by atoms with E-state index in [4.69, 9.17) is 10.4 Å². The highest BCUT2D eigenvalue weighted by molar-refractivity contribution is 8.01. The minimum Gasteiger partial charge on any atom is -0.480 e. The summed E-state index contributed by atoms with van der Waals surface area (Å²) in [5.41, 5.74) is 0. The number of aliphatic carboxylic acids is 1. The molecule has 0 unspecified atom stereocenters. The van der Waals surface area contributed by atoms with Crippen molar-refractivity contribution in [3.63, 3.8) is 0 Å². The Bertz CT molecular complexity index is 171. The Labute approximate surface area is 64.0 Å². The highest BCUT2D eigenvalue weighted by Gasteiger charge is 2.26. The molecule has 10 heavy (non-hydrogen) atoms. The highest BCUT2D eigenvalue weighted by Crippen LogP contribution is 2.23. The van der Waals surface area contributed by atoms with Gasteiger partial charge in [0.25, 0.3) is 0 Å². The van der Waals surface area contributed by atoms with Crippen LogP contribution in [0.1, 0.15) is 13.8 Å². The van der Waals surface area contributed by atoms with Crippen LogP contribution in [0.25, 0.3) is 0 Å². The van der Waals surface area contributed by atoms with Gasteiger partial charge in [0.1, 0.15) is 4.75 Å². The molecule has 0 aromatic heterocycles. The minimum absolute atomic E-state index is 0.222. The maximum atomic E-state index is 10.4. The van der Waals surface area contributed by atoms with Crippen molar-refractivity contribution < 1.29 is 9.90 Å². The molecule has 0 aliphatic carbocycles. The molecule has 3 nitrogen and oxygen atoms in total. The van der Waals surface area contributed by atoms with E-state index in [-0.39, 0.29) is 5.75 Å². The Morgan fingerprint density at radius 3 is 2.60 bits per heavy atom. The third kappa shape index (κ3) is 2.74. The SMILES string of the molecule is CC(C)(SCC#N)C(=O)O. The molecule has 0 aromatic rings. The minimum atomic E-state index is -0.882. The maximum Gasteiger partial charge on any atom is 0.319 e. The number of hydrogen-bond acceptors (Lipinski definition) is 3. The van der Waals surface area contributed by atoms with Crippen molar-refractivity contribution in [2.75, 3.05) is 5.75 Å². The van der Waals surface area contributed by atoms with Gasteiger partial charge in [0.15, 0.2) is 0 Å². The lowest BCUT2D eigenvalue weighted by Crippen LogP contribution is -2.27. The molecule has 0 atom stereocenters. The van der Waals surface area contributed by atoms with Crippen LogP contribution in [0.2, 0.25) is 0 Å². The first-order chi connectivity index (χ1) is 4.50. The molecule has 0 amide bonds. The lowest BCUT2D eigenvalue weighted by molar-refractivity contribution is -0.138. The molecule has 0 rings (SSSR count). The summed E-state index contributed by atoms with van der Waals surface area (Å²) in [6, 6.07) is 1.88. The van der Waals surface area contributed by atoms with Crippen molar-refractivity contribution in [1.82, 2.24) is 0 Å². The summed E-state index contributed by atoms with van der Waals surface area (Å²) in [7, 11) is 0. The predicted molar refractivity (Wildman–Crippen MR) is 39.8 cm³/mol. The fraction of sp³-hybridized carbons (Fsp3) is 0.667.